The molecule has 28 heavy (non-hydrogen) atoms. The van der Waals surface area contributed by atoms with Crippen LogP contribution in [0, 0.1) is 6.92 Å². The third-order valence-electron chi connectivity index (χ3n) is 4.60. The molecule has 0 aromatic heterocycles. The molecule has 6 heteroatoms. The molecule has 0 radical (unpaired) electrons. The van der Waals surface area contributed by atoms with Crippen LogP contribution in [0.5, 0.6) is 0 Å². The van der Waals surface area contributed by atoms with Crippen LogP contribution in [-0.4, -0.2) is 27.7 Å². The quantitative estimate of drug-likeness (QED) is 0.594. The van der Waals surface area contributed by atoms with E-state index in [1.54, 1.807) is 13.1 Å². The fourth-order valence-corrected chi connectivity index (χ4v) is 3.91. The van der Waals surface area contributed by atoms with Gasteiger partial charge >= 0.3 is 0 Å². The highest BCUT2D eigenvalue weighted by atomic mass is 32.2. The van der Waals surface area contributed by atoms with Crippen LogP contribution in [0.15, 0.2) is 52.4 Å². The van der Waals surface area contributed by atoms with E-state index in [2.05, 4.69) is 60.7 Å². The molecule has 2 rings (SSSR count). The topological polar surface area (TPSA) is 70.6 Å². The minimum atomic E-state index is -3.19. The molecule has 2 aromatic rings. The average Bonchev–Trinajstić information content (AvgIpc) is 2.60. The van der Waals surface area contributed by atoms with E-state index in [1.165, 1.54) is 17.4 Å². The van der Waals surface area contributed by atoms with Crippen molar-refractivity contribution in [2.45, 2.75) is 51.1 Å². The largest absolute Gasteiger partial charge is 0.352 e. The Kier molecular flexibility index (Phi) is 6.88. The Morgan fingerprint density at radius 2 is 1.50 bits per heavy atom. The van der Waals surface area contributed by atoms with Crippen LogP contribution in [0.3, 0.4) is 0 Å². The zero-order chi connectivity index (χ0) is 20.9. The zero-order valence-electron chi connectivity index (χ0n) is 17.6. The lowest BCUT2D eigenvalue weighted by molar-refractivity contribution is 0.590. The minimum Gasteiger partial charge on any atom is -0.352 e. The van der Waals surface area contributed by atoms with E-state index in [0.717, 1.165) is 11.1 Å². The van der Waals surface area contributed by atoms with E-state index in [4.69, 9.17) is 0 Å². The highest BCUT2D eigenvalue weighted by Gasteiger charge is 2.13. The number of nitrogens with one attached hydrogen (secondary N) is 2. The van der Waals surface area contributed by atoms with Crippen molar-refractivity contribution in [3.05, 3.63) is 64.7 Å². The Morgan fingerprint density at radius 3 is 1.96 bits per heavy atom. The monoisotopic (exact) mass is 401 g/mol. The zero-order valence-corrected chi connectivity index (χ0v) is 18.4. The number of nitrogens with zero attached hydrogens (tertiary/aromatic N) is 1. The van der Waals surface area contributed by atoms with E-state index >= 15 is 0 Å². The van der Waals surface area contributed by atoms with E-state index in [0.29, 0.717) is 23.9 Å². The summed E-state index contributed by atoms with van der Waals surface area (Å²) in [4.78, 5) is 4.63. The van der Waals surface area contributed by atoms with Crippen molar-refractivity contribution in [2.75, 3.05) is 13.3 Å². The standard InChI is InChI=1S/C22H31N3O2S/c1-16-13-18(9-12-20(16)28(6,26)27)15-25-21(23-5)24-14-17-7-10-19(11-8-17)22(2,3)4/h7-13H,14-15H2,1-6H3,(H2,23,24,25). The van der Waals surface area contributed by atoms with Gasteiger partial charge in [0.15, 0.2) is 15.8 Å². The lowest BCUT2D eigenvalue weighted by Crippen LogP contribution is -2.36. The minimum absolute atomic E-state index is 0.147. The smallest absolute Gasteiger partial charge is 0.191 e. The molecule has 0 saturated heterocycles. The van der Waals surface area contributed by atoms with Gasteiger partial charge in [-0.05, 0) is 40.7 Å². The lowest BCUT2D eigenvalue weighted by atomic mass is 9.87. The third kappa shape index (κ3) is 6.09. The molecule has 0 atom stereocenters. The van der Waals surface area contributed by atoms with Gasteiger partial charge in [0, 0.05) is 26.4 Å². The van der Waals surface area contributed by atoms with Gasteiger partial charge in [-0.25, -0.2) is 8.42 Å². The fraction of sp³-hybridized carbons (Fsp3) is 0.409. The second-order valence-electron chi connectivity index (χ2n) is 8.10. The van der Waals surface area contributed by atoms with Crippen LogP contribution in [0.2, 0.25) is 0 Å². The van der Waals surface area contributed by atoms with Gasteiger partial charge in [0.25, 0.3) is 0 Å². The van der Waals surface area contributed by atoms with Crippen molar-refractivity contribution in [3.8, 4) is 0 Å². The van der Waals surface area contributed by atoms with Gasteiger partial charge in [0.2, 0.25) is 0 Å². The highest BCUT2D eigenvalue weighted by molar-refractivity contribution is 7.90. The summed E-state index contributed by atoms with van der Waals surface area (Å²) in [5, 5.41) is 6.57. The number of rotatable bonds is 5. The van der Waals surface area contributed by atoms with Crippen LogP contribution in [0.1, 0.15) is 43.0 Å². The molecule has 0 bridgehead atoms. The molecule has 0 spiro atoms. The molecule has 2 aromatic carbocycles. The van der Waals surface area contributed by atoms with Crippen LogP contribution < -0.4 is 10.6 Å². The van der Waals surface area contributed by atoms with Crippen molar-refractivity contribution in [2.24, 2.45) is 4.99 Å². The first-order chi connectivity index (χ1) is 13.0. The number of sulfone groups is 1. The summed E-state index contributed by atoms with van der Waals surface area (Å²) < 4.78 is 23.5. The molecular formula is C22H31N3O2S. The van der Waals surface area contributed by atoms with Crippen LogP contribution in [0.4, 0.5) is 0 Å². The molecule has 0 amide bonds. The van der Waals surface area contributed by atoms with Crippen molar-refractivity contribution < 1.29 is 8.42 Å². The SMILES string of the molecule is CN=C(NCc1ccc(C(C)(C)C)cc1)NCc1ccc(S(C)(=O)=O)c(C)c1. The second-order valence-corrected chi connectivity index (χ2v) is 10.1. The van der Waals surface area contributed by atoms with Gasteiger partial charge in [-0.3, -0.25) is 4.99 Å². The Balaban J connectivity index is 1.94. The first-order valence-electron chi connectivity index (χ1n) is 9.34. The van der Waals surface area contributed by atoms with Crippen molar-refractivity contribution in [1.82, 2.24) is 10.6 Å². The maximum Gasteiger partial charge on any atom is 0.191 e. The Hall–Kier alpha value is -2.34. The molecule has 0 aliphatic rings. The molecule has 0 heterocycles. The van der Waals surface area contributed by atoms with Gasteiger partial charge in [0.05, 0.1) is 4.90 Å². The van der Waals surface area contributed by atoms with Crippen LogP contribution in [-0.2, 0) is 28.3 Å². The number of hydrogen-bond acceptors (Lipinski definition) is 3. The van der Waals surface area contributed by atoms with E-state index in [1.807, 2.05) is 19.1 Å². The van der Waals surface area contributed by atoms with Gasteiger partial charge in [-0.2, -0.15) is 0 Å². The Morgan fingerprint density at radius 1 is 0.964 bits per heavy atom. The molecule has 152 valence electrons. The summed E-state index contributed by atoms with van der Waals surface area (Å²) in [6, 6.07) is 14.0. The Bertz CT molecular complexity index is 941. The Labute approximate surface area is 169 Å². The number of aryl methyl sites for hydroxylation is 1. The molecule has 0 fully saturated rings. The van der Waals surface area contributed by atoms with Crippen LogP contribution in [0.25, 0.3) is 0 Å². The summed E-state index contributed by atoms with van der Waals surface area (Å²) in [6.07, 6.45) is 1.23. The summed E-state index contributed by atoms with van der Waals surface area (Å²) in [5.41, 5.74) is 4.40. The van der Waals surface area contributed by atoms with E-state index in [9.17, 15) is 8.42 Å². The van der Waals surface area contributed by atoms with Gasteiger partial charge in [-0.15, -0.1) is 0 Å². The number of aliphatic imine (C=N–C) groups is 1. The summed E-state index contributed by atoms with van der Waals surface area (Å²) in [5.74, 6) is 0.699. The van der Waals surface area contributed by atoms with Gasteiger partial charge in [0.1, 0.15) is 0 Å². The summed E-state index contributed by atoms with van der Waals surface area (Å²) >= 11 is 0. The lowest BCUT2D eigenvalue weighted by Gasteiger charge is -2.19. The maximum atomic E-state index is 11.7. The highest BCUT2D eigenvalue weighted by Crippen LogP contribution is 2.22. The molecule has 2 N–H and O–H groups in total. The van der Waals surface area contributed by atoms with Gasteiger partial charge in [-0.1, -0.05) is 57.2 Å². The van der Waals surface area contributed by atoms with Crippen molar-refractivity contribution in [3.63, 3.8) is 0 Å². The normalized spacial score (nSPS) is 12.7. The molecule has 5 nitrogen and oxygen atoms in total. The predicted octanol–water partition coefficient (Wildman–Crippen LogP) is 3.56. The van der Waals surface area contributed by atoms with Crippen molar-refractivity contribution >= 4 is 15.8 Å². The molecule has 0 unspecified atom stereocenters. The summed E-state index contributed by atoms with van der Waals surface area (Å²) in [6.45, 7) is 9.67. The fourth-order valence-electron chi connectivity index (χ4n) is 2.95. The van der Waals surface area contributed by atoms with Crippen LogP contribution >= 0.6 is 0 Å². The van der Waals surface area contributed by atoms with Gasteiger partial charge < -0.3 is 10.6 Å². The molecule has 0 aliphatic carbocycles. The predicted molar refractivity (Wildman–Crippen MR) is 116 cm³/mol. The average molecular weight is 402 g/mol. The molecule has 0 aliphatic heterocycles. The van der Waals surface area contributed by atoms with Crippen molar-refractivity contribution in [1.29, 1.82) is 0 Å². The second kappa shape index (κ2) is 8.78. The van der Waals surface area contributed by atoms with E-state index in [-0.39, 0.29) is 5.41 Å². The number of benzene rings is 2. The maximum absolute atomic E-state index is 11.7. The molecular weight excluding hydrogens is 370 g/mol. The number of hydrogen-bond donors (Lipinski definition) is 2. The first kappa shape index (κ1) is 22.0. The van der Waals surface area contributed by atoms with E-state index < -0.39 is 9.84 Å². The number of guanidine groups is 1. The third-order valence-corrected chi connectivity index (χ3v) is 5.86. The molecule has 0 saturated carbocycles. The first-order valence-corrected chi connectivity index (χ1v) is 11.2. The summed E-state index contributed by atoms with van der Waals surface area (Å²) in [7, 11) is -1.46.